The number of unbranched alkanes of at least 4 members (excludes halogenated alkanes) is 1. The van der Waals surface area contributed by atoms with Crippen LogP contribution in [0, 0.1) is 5.92 Å². The lowest BCUT2D eigenvalue weighted by Crippen LogP contribution is -2.31. The zero-order valence-corrected chi connectivity index (χ0v) is 14.5. The van der Waals surface area contributed by atoms with E-state index in [1.165, 1.54) is 13.3 Å². The molecule has 128 valence electrons. The van der Waals surface area contributed by atoms with Crippen molar-refractivity contribution < 1.29 is 17.9 Å². The van der Waals surface area contributed by atoms with Gasteiger partial charge < -0.3 is 4.74 Å². The number of methoxy groups -OCH3 is 1. The molecular formula is C16H24N2O4S. The van der Waals surface area contributed by atoms with E-state index in [-0.39, 0.29) is 11.7 Å². The first-order chi connectivity index (χ1) is 11.0. The maximum Gasteiger partial charge on any atom is 0.339 e. The van der Waals surface area contributed by atoms with Crippen LogP contribution in [-0.2, 0) is 21.2 Å². The molecule has 0 spiro atoms. The van der Waals surface area contributed by atoms with Gasteiger partial charge in [0, 0.05) is 25.5 Å². The van der Waals surface area contributed by atoms with E-state index in [0.717, 1.165) is 24.8 Å². The minimum atomic E-state index is -3.13. The molecule has 1 unspecified atom stereocenters. The first-order valence-corrected chi connectivity index (χ1v) is 9.57. The molecule has 0 amide bonds. The van der Waals surface area contributed by atoms with Crippen molar-refractivity contribution in [2.24, 2.45) is 5.92 Å². The Hall–Kier alpha value is -1.47. The van der Waals surface area contributed by atoms with Gasteiger partial charge in [0.25, 0.3) is 0 Å². The van der Waals surface area contributed by atoms with Crippen molar-refractivity contribution >= 4 is 16.0 Å². The second-order valence-corrected chi connectivity index (χ2v) is 8.05. The van der Waals surface area contributed by atoms with Gasteiger partial charge in [-0.3, -0.25) is 4.98 Å². The molecule has 23 heavy (non-hydrogen) atoms. The zero-order valence-electron chi connectivity index (χ0n) is 13.7. The quantitative estimate of drug-likeness (QED) is 0.708. The van der Waals surface area contributed by atoms with E-state index in [1.807, 2.05) is 6.92 Å². The maximum atomic E-state index is 12.2. The van der Waals surface area contributed by atoms with Gasteiger partial charge in [0.2, 0.25) is 10.0 Å². The molecule has 1 aliphatic rings. The predicted molar refractivity (Wildman–Crippen MR) is 87.7 cm³/mol. The van der Waals surface area contributed by atoms with Crippen molar-refractivity contribution in [3.8, 4) is 0 Å². The van der Waals surface area contributed by atoms with Gasteiger partial charge >= 0.3 is 5.97 Å². The van der Waals surface area contributed by atoms with Crippen LogP contribution in [-0.4, -0.2) is 49.6 Å². The average molecular weight is 340 g/mol. The minimum absolute atomic E-state index is 0.232. The van der Waals surface area contributed by atoms with Crippen LogP contribution >= 0.6 is 0 Å². The van der Waals surface area contributed by atoms with Crippen molar-refractivity contribution in [1.29, 1.82) is 0 Å². The maximum absolute atomic E-state index is 12.2. The fourth-order valence-electron chi connectivity index (χ4n) is 2.83. The summed E-state index contributed by atoms with van der Waals surface area (Å²) in [5, 5.41) is 0. The zero-order chi connectivity index (χ0) is 16.9. The molecule has 1 aliphatic heterocycles. The van der Waals surface area contributed by atoms with Gasteiger partial charge in [-0.25, -0.2) is 17.5 Å². The summed E-state index contributed by atoms with van der Waals surface area (Å²) in [6.07, 6.45) is 6.34. The summed E-state index contributed by atoms with van der Waals surface area (Å²) < 4.78 is 30.7. The number of nitrogens with zero attached hydrogens (tertiary/aromatic N) is 2. The third-order valence-electron chi connectivity index (χ3n) is 4.14. The number of aromatic nitrogens is 1. The summed E-state index contributed by atoms with van der Waals surface area (Å²) in [5.74, 6) is 0.0888. The lowest BCUT2D eigenvalue weighted by atomic mass is 9.99. The molecule has 2 rings (SSSR count). The standard InChI is InChI=1S/C16H24N2O4S/c1-3-4-7-23(20,21)18-6-5-13(12-18)8-14-9-15(11-17-10-14)16(19)22-2/h9-11,13H,3-8,12H2,1-2H3. The van der Waals surface area contributed by atoms with Crippen LogP contribution in [0.1, 0.15) is 42.1 Å². The molecule has 0 aromatic carbocycles. The number of pyridine rings is 1. The first-order valence-electron chi connectivity index (χ1n) is 7.96. The van der Waals surface area contributed by atoms with E-state index in [9.17, 15) is 13.2 Å². The third-order valence-corrected chi connectivity index (χ3v) is 6.06. The average Bonchev–Trinajstić information content (AvgIpc) is 3.02. The molecule has 1 aromatic heterocycles. The summed E-state index contributed by atoms with van der Waals surface area (Å²) >= 11 is 0. The van der Waals surface area contributed by atoms with Gasteiger partial charge in [0.1, 0.15) is 0 Å². The molecule has 1 saturated heterocycles. The highest BCUT2D eigenvalue weighted by molar-refractivity contribution is 7.89. The SMILES string of the molecule is CCCCS(=O)(=O)N1CCC(Cc2cncc(C(=O)OC)c2)C1. The van der Waals surface area contributed by atoms with E-state index < -0.39 is 16.0 Å². The monoisotopic (exact) mass is 340 g/mol. The fourth-order valence-corrected chi connectivity index (χ4v) is 4.57. The minimum Gasteiger partial charge on any atom is -0.465 e. The van der Waals surface area contributed by atoms with E-state index >= 15 is 0 Å². The summed E-state index contributed by atoms with van der Waals surface area (Å²) in [4.78, 5) is 15.6. The normalized spacial score (nSPS) is 19.0. The number of ether oxygens (including phenoxy) is 1. The molecule has 0 radical (unpaired) electrons. The number of rotatable bonds is 7. The van der Waals surface area contributed by atoms with Crippen molar-refractivity contribution in [1.82, 2.24) is 9.29 Å². The van der Waals surface area contributed by atoms with Gasteiger partial charge in [0.05, 0.1) is 18.4 Å². The number of sulfonamides is 1. The number of carbonyl (C=O) groups is 1. The molecule has 1 aromatic rings. The van der Waals surface area contributed by atoms with Crippen LogP contribution in [0.5, 0.6) is 0 Å². The van der Waals surface area contributed by atoms with Crippen LogP contribution < -0.4 is 0 Å². The summed E-state index contributed by atoms with van der Waals surface area (Å²) in [7, 11) is -1.79. The topological polar surface area (TPSA) is 76.6 Å². The molecule has 0 bridgehead atoms. The summed E-state index contributed by atoms with van der Waals surface area (Å²) in [6, 6.07) is 1.77. The van der Waals surface area contributed by atoms with Gasteiger partial charge in [-0.1, -0.05) is 13.3 Å². The molecule has 7 heteroatoms. The number of esters is 1. The Morgan fingerprint density at radius 3 is 2.91 bits per heavy atom. The molecule has 0 N–H and O–H groups in total. The third kappa shape index (κ3) is 4.75. The molecule has 0 saturated carbocycles. The van der Waals surface area contributed by atoms with E-state index in [2.05, 4.69) is 4.98 Å². The van der Waals surface area contributed by atoms with Gasteiger partial charge in [0.15, 0.2) is 0 Å². The molecular weight excluding hydrogens is 316 g/mol. The van der Waals surface area contributed by atoms with E-state index in [1.54, 1.807) is 16.6 Å². The van der Waals surface area contributed by atoms with Crippen LogP contribution in [0.4, 0.5) is 0 Å². The van der Waals surface area contributed by atoms with Gasteiger partial charge in [-0.05, 0) is 36.8 Å². The lowest BCUT2D eigenvalue weighted by Gasteiger charge is -2.16. The fraction of sp³-hybridized carbons (Fsp3) is 0.625. The second kappa shape index (κ2) is 7.88. The van der Waals surface area contributed by atoms with Gasteiger partial charge in [-0.2, -0.15) is 0 Å². The second-order valence-electron chi connectivity index (χ2n) is 5.96. The Morgan fingerprint density at radius 2 is 2.22 bits per heavy atom. The van der Waals surface area contributed by atoms with E-state index in [0.29, 0.717) is 25.1 Å². The van der Waals surface area contributed by atoms with Crippen LogP contribution in [0.25, 0.3) is 0 Å². The summed E-state index contributed by atoms with van der Waals surface area (Å²) in [6.45, 7) is 3.12. The first kappa shape index (κ1) is 17.9. The molecule has 1 fully saturated rings. The molecule has 0 aliphatic carbocycles. The molecule has 2 heterocycles. The molecule has 1 atom stereocenters. The van der Waals surface area contributed by atoms with E-state index in [4.69, 9.17) is 4.74 Å². The Labute approximate surface area is 137 Å². The lowest BCUT2D eigenvalue weighted by molar-refractivity contribution is 0.0600. The highest BCUT2D eigenvalue weighted by Crippen LogP contribution is 2.24. The number of carbonyl (C=O) groups excluding carboxylic acids is 1. The largest absolute Gasteiger partial charge is 0.465 e. The molecule has 6 nitrogen and oxygen atoms in total. The van der Waals surface area contributed by atoms with Crippen molar-refractivity contribution in [3.63, 3.8) is 0 Å². The number of hydrogen-bond donors (Lipinski definition) is 0. The highest BCUT2D eigenvalue weighted by Gasteiger charge is 2.30. The Balaban J connectivity index is 1.97. The Morgan fingerprint density at radius 1 is 1.43 bits per heavy atom. The predicted octanol–water partition coefficient (Wildman–Crippen LogP) is 1.86. The number of hydrogen-bond acceptors (Lipinski definition) is 5. The van der Waals surface area contributed by atoms with Crippen molar-refractivity contribution in [2.45, 2.75) is 32.6 Å². The smallest absolute Gasteiger partial charge is 0.339 e. The Bertz CT molecular complexity index is 645. The van der Waals surface area contributed by atoms with Crippen molar-refractivity contribution in [3.05, 3.63) is 29.6 Å². The van der Waals surface area contributed by atoms with Gasteiger partial charge in [-0.15, -0.1) is 0 Å². The van der Waals surface area contributed by atoms with Crippen LogP contribution in [0.3, 0.4) is 0 Å². The summed E-state index contributed by atoms with van der Waals surface area (Å²) in [5.41, 5.74) is 1.36. The Kier molecular flexibility index (Phi) is 6.12. The highest BCUT2D eigenvalue weighted by atomic mass is 32.2. The van der Waals surface area contributed by atoms with Crippen LogP contribution in [0.2, 0.25) is 0 Å². The van der Waals surface area contributed by atoms with Crippen molar-refractivity contribution in [2.75, 3.05) is 26.0 Å². The van der Waals surface area contributed by atoms with Crippen LogP contribution in [0.15, 0.2) is 18.5 Å².